The molecule has 0 saturated heterocycles. The molecule has 2 amide bonds. The molecule has 0 unspecified atom stereocenters. The number of aryl methyl sites for hydroxylation is 1. The van der Waals surface area contributed by atoms with Crippen molar-refractivity contribution >= 4 is 16.1 Å². The molecule has 0 aromatic heterocycles. The summed E-state index contributed by atoms with van der Waals surface area (Å²) >= 11 is 0. The van der Waals surface area contributed by atoms with Crippen molar-refractivity contribution in [3.05, 3.63) is 29.8 Å². The number of urea groups is 1. The Hall–Kier alpha value is -1.60. The van der Waals surface area contributed by atoms with E-state index in [-0.39, 0.29) is 4.90 Å². The smallest absolute Gasteiger partial charge is 0.270 e. The van der Waals surface area contributed by atoms with E-state index in [0.717, 1.165) is 18.4 Å². The zero-order valence-electron chi connectivity index (χ0n) is 12.7. The van der Waals surface area contributed by atoms with Crippen molar-refractivity contribution in [2.24, 2.45) is 0 Å². The van der Waals surface area contributed by atoms with Crippen molar-refractivity contribution in [3.63, 3.8) is 0 Å². The first-order chi connectivity index (χ1) is 9.89. The van der Waals surface area contributed by atoms with Gasteiger partial charge in [-0.2, -0.15) is 0 Å². The van der Waals surface area contributed by atoms with E-state index in [4.69, 9.17) is 0 Å². The average Bonchev–Trinajstić information content (AvgIpc) is 2.39. The normalized spacial score (nSPS) is 11.4. The summed E-state index contributed by atoms with van der Waals surface area (Å²) in [6.07, 6.45) is 1.73. The highest BCUT2D eigenvalue weighted by Crippen LogP contribution is 2.09. The number of hydrazine groups is 1. The summed E-state index contributed by atoms with van der Waals surface area (Å²) in [5.41, 5.74) is 3.51. The molecular formula is C14H23N3O3S. The van der Waals surface area contributed by atoms with Crippen molar-refractivity contribution in [2.45, 2.75) is 38.5 Å². The first-order valence-electron chi connectivity index (χ1n) is 7.04. The van der Waals surface area contributed by atoms with Gasteiger partial charge < -0.3 is 0 Å². The number of hydrogen-bond donors (Lipinski definition) is 2. The van der Waals surface area contributed by atoms with Crippen molar-refractivity contribution < 1.29 is 13.2 Å². The summed E-state index contributed by atoms with van der Waals surface area (Å²) in [6, 6.07) is 5.58. The van der Waals surface area contributed by atoms with E-state index in [1.54, 1.807) is 17.1 Å². The largest absolute Gasteiger partial charge is 0.343 e. The van der Waals surface area contributed by atoms with Gasteiger partial charge in [0, 0.05) is 13.1 Å². The SMILES string of the molecule is CCCN(CCC)NC(=O)NS(=O)(=O)c1ccc(C)cc1. The molecule has 0 aliphatic heterocycles. The Balaban J connectivity index is 2.70. The second-order valence-corrected chi connectivity index (χ2v) is 6.53. The topological polar surface area (TPSA) is 78.5 Å². The molecule has 0 bridgehead atoms. The van der Waals surface area contributed by atoms with Gasteiger partial charge in [0.15, 0.2) is 0 Å². The standard InChI is InChI=1S/C14H23N3O3S/c1-4-10-17(11-5-2)15-14(18)16-21(19,20)13-8-6-12(3)7-9-13/h6-9H,4-5,10-11H2,1-3H3,(H2,15,16,18). The van der Waals surface area contributed by atoms with Crippen LogP contribution in [0.5, 0.6) is 0 Å². The molecule has 0 saturated carbocycles. The molecule has 0 atom stereocenters. The third kappa shape index (κ3) is 5.73. The molecule has 1 aromatic rings. The fourth-order valence-electron chi connectivity index (χ4n) is 1.83. The van der Waals surface area contributed by atoms with E-state index in [9.17, 15) is 13.2 Å². The third-order valence-corrected chi connectivity index (χ3v) is 4.15. The first kappa shape index (κ1) is 17.5. The number of rotatable bonds is 7. The molecule has 6 nitrogen and oxygen atoms in total. The van der Waals surface area contributed by atoms with Gasteiger partial charge in [0.1, 0.15) is 0 Å². The Bertz CT molecular complexity index is 549. The molecular weight excluding hydrogens is 290 g/mol. The van der Waals surface area contributed by atoms with Crippen molar-refractivity contribution in [3.8, 4) is 0 Å². The first-order valence-corrected chi connectivity index (χ1v) is 8.52. The van der Waals surface area contributed by atoms with E-state index in [2.05, 4.69) is 5.43 Å². The molecule has 0 aliphatic carbocycles. The maximum absolute atomic E-state index is 12.1. The van der Waals surface area contributed by atoms with E-state index >= 15 is 0 Å². The van der Waals surface area contributed by atoms with Gasteiger partial charge in [-0.05, 0) is 31.9 Å². The van der Waals surface area contributed by atoms with Gasteiger partial charge in [-0.15, -0.1) is 0 Å². The molecule has 2 N–H and O–H groups in total. The number of nitrogens with one attached hydrogen (secondary N) is 2. The Morgan fingerprint density at radius 1 is 1.10 bits per heavy atom. The Morgan fingerprint density at radius 2 is 1.62 bits per heavy atom. The number of amides is 2. The maximum atomic E-state index is 12.1. The summed E-state index contributed by atoms with van der Waals surface area (Å²) in [5, 5.41) is 1.71. The predicted molar refractivity (Wildman–Crippen MR) is 82.2 cm³/mol. The van der Waals surface area contributed by atoms with Crippen LogP contribution in [0.3, 0.4) is 0 Å². The zero-order valence-corrected chi connectivity index (χ0v) is 13.5. The van der Waals surface area contributed by atoms with Gasteiger partial charge in [0.05, 0.1) is 4.90 Å². The number of sulfonamides is 1. The summed E-state index contributed by atoms with van der Waals surface area (Å²) in [4.78, 5) is 11.9. The van der Waals surface area contributed by atoms with Crippen LogP contribution in [0.1, 0.15) is 32.3 Å². The number of nitrogens with zero attached hydrogens (tertiary/aromatic N) is 1. The van der Waals surface area contributed by atoms with Crippen LogP contribution in [0.15, 0.2) is 29.2 Å². The predicted octanol–water partition coefficient (Wildman–Crippen LogP) is 2.02. The van der Waals surface area contributed by atoms with E-state index in [1.807, 2.05) is 25.5 Å². The monoisotopic (exact) mass is 313 g/mol. The number of benzene rings is 1. The number of carbonyl (C=O) groups excluding carboxylic acids is 1. The second-order valence-electron chi connectivity index (χ2n) is 4.85. The lowest BCUT2D eigenvalue weighted by molar-refractivity contribution is 0.180. The molecule has 0 spiro atoms. The van der Waals surface area contributed by atoms with Crippen LogP contribution in [0.2, 0.25) is 0 Å². The minimum absolute atomic E-state index is 0.0702. The number of hydrogen-bond acceptors (Lipinski definition) is 4. The minimum atomic E-state index is -3.84. The summed E-state index contributed by atoms with van der Waals surface area (Å²) < 4.78 is 26.1. The van der Waals surface area contributed by atoms with Crippen LogP contribution in [0.4, 0.5) is 4.79 Å². The maximum Gasteiger partial charge on any atom is 0.343 e. The molecule has 0 aliphatic rings. The van der Waals surface area contributed by atoms with Gasteiger partial charge in [0.2, 0.25) is 0 Å². The molecule has 118 valence electrons. The third-order valence-electron chi connectivity index (χ3n) is 2.81. The minimum Gasteiger partial charge on any atom is -0.270 e. The highest BCUT2D eigenvalue weighted by atomic mass is 32.2. The van der Waals surface area contributed by atoms with Crippen LogP contribution in [-0.4, -0.2) is 32.5 Å². The Morgan fingerprint density at radius 3 is 2.10 bits per heavy atom. The van der Waals surface area contributed by atoms with Gasteiger partial charge in [0.25, 0.3) is 10.0 Å². The highest BCUT2D eigenvalue weighted by molar-refractivity contribution is 7.90. The molecule has 0 fully saturated rings. The Kier molecular flexibility index (Phi) is 6.64. The van der Waals surface area contributed by atoms with Gasteiger partial charge in [-0.25, -0.2) is 22.9 Å². The van der Waals surface area contributed by atoms with E-state index in [1.165, 1.54) is 12.1 Å². The van der Waals surface area contributed by atoms with Gasteiger partial charge in [-0.1, -0.05) is 31.5 Å². The van der Waals surface area contributed by atoms with Gasteiger partial charge >= 0.3 is 6.03 Å². The number of carbonyl (C=O) groups is 1. The highest BCUT2D eigenvalue weighted by Gasteiger charge is 2.18. The molecule has 0 heterocycles. The zero-order chi connectivity index (χ0) is 15.9. The summed E-state index contributed by atoms with van der Waals surface area (Å²) in [5.74, 6) is 0. The summed E-state index contributed by atoms with van der Waals surface area (Å²) in [7, 11) is -3.84. The summed E-state index contributed by atoms with van der Waals surface area (Å²) in [6.45, 7) is 7.19. The molecule has 1 rings (SSSR count). The van der Waals surface area contributed by atoms with Crippen molar-refractivity contribution in [2.75, 3.05) is 13.1 Å². The van der Waals surface area contributed by atoms with Crippen molar-refractivity contribution in [1.82, 2.24) is 15.2 Å². The van der Waals surface area contributed by atoms with Crippen LogP contribution in [-0.2, 0) is 10.0 Å². The molecule has 0 radical (unpaired) electrons. The van der Waals surface area contributed by atoms with Crippen molar-refractivity contribution in [1.29, 1.82) is 0 Å². The van der Waals surface area contributed by atoms with E-state index < -0.39 is 16.1 Å². The Labute approximate surface area is 126 Å². The quantitative estimate of drug-likeness (QED) is 0.755. The molecule has 7 heteroatoms. The molecule has 1 aromatic carbocycles. The second kappa shape index (κ2) is 7.99. The van der Waals surface area contributed by atoms with Crippen LogP contribution in [0.25, 0.3) is 0 Å². The lowest BCUT2D eigenvalue weighted by Crippen LogP contribution is -2.49. The van der Waals surface area contributed by atoms with Crippen LogP contribution in [0, 0.1) is 6.92 Å². The molecule has 21 heavy (non-hydrogen) atoms. The fourth-order valence-corrected chi connectivity index (χ4v) is 2.73. The lowest BCUT2D eigenvalue weighted by atomic mass is 10.2. The average molecular weight is 313 g/mol. The fraction of sp³-hybridized carbons (Fsp3) is 0.500. The van der Waals surface area contributed by atoms with E-state index in [0.29, 0.717) is 13.1 Å². The van der Waals surface area contributed by atoms with Gasteiger partial charge in [-0.3, -0.25) is 5.43 Å². The van der Waals surface area contributed by atoms with Crippen LogP contribution >= 0.6 is 0 Å². The van der Waals surface area contributed by atoms with Crippen LogP contribution < -0.4 is 10.1 Å². The lowest BCUT2D eigenvalue weighted by Gasteiger charge is -2.21.